The van der Waals surface area contributed by atoms with E-state index in [1.165, 1.54) is 47.8 Å². The number of benzene rings is 1. The van der Waals surface area contributed by atoms with E-state index in [0.29, 0.717) is 17.5 Å². The van der Waals surface area contributed by atoms with Crippen LogP contribution in [0.4, 0.5) is 13.2 Å². The van der Waals surface area contributed by atoms with Gasteiger partial charge in [-0.15, -0.1) is 0 Å². The topological polar surface area (TPSA) is 55.2 Å². The minimum absolute atomic E-state index is 0.0318. The van der Waals surface area contributed by atoms with E-state index >= 15 is 0 Å². The van der Waals surface area contributed by atoms with Gasteiger partial charge >= 0.3 is 6.18 Å². The van der Waals surface area contributed by atoms with Gasteiger partial charge in [0, 0.05) is 32.1 Å². The van der Waals surface area contributed by atoms with Crippen LogP contribution in [0.5, 0.6) is 0 Å². The lowest BCUT2D eigenvalue weighted by Crippen LogP contribution is -2.34. The third-order valence-corrected chi connectivity index (χ3v) is 4.83. The fourth-order valence-electron chi connectivity index (χ4n) is 2.63. The van der Waals surface area contributed by atoms with Crippen LogP contribution in [0.1, 0.15) is 21.5 Å². The molecule has 1 aliphatic heterocycles. The second kappa shape index (κ2) is 6.55. The Hall–Kier alpha value is -2.29. The molecule has 2 aromatic rings. The third kappa shape index (κ3) is 3.41. The lowest BCUT2D eigenvalue weighted by molar-refractivity contribution is -0.138. The van der Waals surface area contributed by atoms with E-state index in [0.717, 1.165) is 11.0 Å². The highest BCUT2D eigenvalue weighted by Gasteiger charge is 2.33. The summed E-state index contributed by atoms with van der Waals surface area (Å²) in [5.41, 5.74) is -1.43. The second-order valence-electron chi connectivity index (χ2n) is 5.58. The van der Waals surface area contributed by atoms with Gasteiger partial charge in [-0.2, -0.15) is 13.2 Å². The number of hydrogen-bond donors (Lipinski definition) is 0. The quantitative estimate of drug-likeness (QED) is 0.781. The predicted octanol–water partition coefficient (Wildman–Crippen LogP) is 2.64. The number of halogens is 3. The summed E-state index contributed by atoms with van der Waals surface area (Å²) in [4.78, 5) is 30.1. The summed E-state index contributed by atoms with van der Waals surface area (Å²) >= 11 is 1.42. The van der Waals surface area contributed by atoms with Crippen molar-refractivity contribution in [2.24, 2.45) is 0 Å². The first-order valence-corrected chi connectivity index (χ1v) is 8.41. The Morgan fingerprint density at radius 3 is 2.80 bits per heavy atom. The zero-order chi connectivity index (χ0) is 18.2. The molecular formula is C16H14F3N3O2S. The number of carbonyl (C=O) groups excluding carboxylic acids is 1. The molecule has 1 aromatic heterocycles. The van der Waals surface area contributed by atoms with Crippen molar-refractivity contribution in [2.45, 2.75) is 24.4 Å². The number of alkyl halides is 3. The van der Waals surface area contributed by atoms with Crippen molar-refractivity contribution < 1.29 is 18.0 Å². The van der Waals surface area contributed by atoms with Gasteiger partial charge in [0.2, 0.25) is 0 Å². The van der Waals surface area contributed by atoms with Crippen LogP contribution >= 0.6 is 11.8 Å². The molecule has 0 unspecified atom stereocenters. The highest BCUT2D eigenvalue weighted by atomic mass is 32.2. The highest BCUT2D eigenvalue weighted by Crippen LogP contribution is 2.32. The van der Waals surface area contributed by atoms with Crippen LogP contribution in [0.2, 0.25) is 0 Å². The smallest absolute Gasteiger partial charge is 0.337 e. The van der Waals surface area contributed by atoms with E-state index in [2.05, 4.69) is 4.98 Å². The van der Waals surface area contributed by atoms with E-state index in [4.69, 9.17) is 0 Å². The molecule has 5 nitrogen and oxygen atoms in total. The largest absolute Gasteiger partial charge is 0.416 e. The normalized spacial score (nSPS) is 13.6. The summed E-state index contributed by atoms with van der Waals surface area (Å²) in [5.74, 6) is 0.0518. The zero-order valence-corrected chi connectivity index (χ0v) is 14.0. The maximum absolute atomic E-state index is 13.1. The van der Waals surface area contributed by atoms with Gasteiger partial charge in [0.1, 0.15) is 5.56 Å². The molecule has 132 valence electrons. The molecule has 0 N–H and O–H groups in total. The number of carbonyl (C=O) groups is 1. The molecule has 0 fully saturated rings. The number of rotatable bonds is 3. The lowest BCUT2D eigenvalue weighted by atomic mass is 10.1. The summed E-state index contributed by atoms with van der Waals surface area (Å²) in [6.07, 6.45) is -3.31. The second-order valence-corrected chi connectivity index (χ2v) is 6.64. The first-order chi connectivity index (χ1) is 11.8. The average molecular weight is 369 g/mol. The minimum Gasteiger partial charge on any atom is -0.337 e. The molecule has 0 radical (unpaired) electrons. The van der Waals surface area contributed by atoms with Crippen molar-refractivity contribution in [1.29, 1.82) is 0 Å². The molecule has 0 bridgehead atoms. The monoisotopic (exact) mass is 369 g/mol. The van der Waals surface area contributed by atoms with Crippen LogP contribution in [0.15, 0.2) is 40.4 Å². The Kier molecular flexibility index (Phi) is 4.59. The van der Waals surface area contributed by atoms with Crippen molar-refractivity contribution in [2.75, 3.05) is 12.8 Å². The fourth-order valence-corrected chi connectivity index (χ4v) is 3.55. The van der Waals surface area contributed by atoms with Crippen LogP contribution in [0, 0.1) is 0 Å². The molecule has 1 aliphatic rings. The van der Waals surface area contributed by atoms with E-state index in [1.807, 2.05) is 0 Å². The van der Waals surface area contributed by atoms with Gasteiger partial charge < -0.3 is 4.90 Å². The predicted molar refractivity (Wildman–Crippen MR) is 86.5 cm³/mol. The third-order valence-electron chi connectivity index (χ3n) is 3.86. The van der Waals surface area contributed by atoms with Crippen molar-refractivity contribution in [3.63, 3.8) is 0 Å². The van der Waals surface area contributed by atoms with Gasteiger partial charge in [-0.3, -0.25) is 14.2 Å². The van der Waals surface area contributed by atoms with Crippen molar-refractivity contribution in [1.82, 2.24) is 14.5 Å². The van der Waals surface area contributed by atoms with Crippen molar-refractivity contribution in [3.8, 4) is 0 Å². The number of fused-ring (bicyclic) bond motifs is 1. The fraction of sp³-hybridized carbons (Fsp3) is 0.312. The van der Waals surface area contributed by atoms with Crippen molar-refractivity contribution in [3.05, 3.63) is 57.5 Å². The van der Waals surface area contributed by atoms with Crippen LogP contribution in [0.25, 0.3) is 0 Å². The zero-order valence-electron chi connectivity index (χ0n) is 13.2. The number of aromatic nitrogens is 2. The SMILES string of the molecule is CN(Cc1ccccc1C(F)(F)F)C(=O)c1cnc2n(c1=O)CCS2. The summed E-state index contributed by atoms with van der Waals surface area (Å²) in [6, 6.07) is 5.06. The lowest BCUT2D eigenvalue weighted by Gasteiger charge is -2.20. The van der Waals surface area contributed by atoms with E-state index in [1.54, 1.807) is 0 Å². The molecule has 1 aromatic carbocycles. The van der Waals surface area contributed by atoms with Gasteiger partial charge in [0.15, 0.2) is 5.16 Å². The Bertz CT molecular complexity index is 880. The van der Waals surface area contributed by atoms with Gasteiger partial charge in [-0.1, -0.05) is 30.0 Å². The molecule has 2 heterocycles. The molecular weight excluding hydrogens is 355 g/mol. The molecule has 0 spiro atoms. The van der Waals surface area contributed by atoms with Crippen LogP contribution in [0.3, 0.4) is 0 Å². The molecule has 3 rings (SSSR count). The number of nitrogens with zero attached hydrogens (tertiary/aromatic N) is 3. The number of thioether (sulfide) groups is 1. The number of amides is 1. The van der Waals surface area contributed by atoms with Gasteiger partial charge in [-0.05, 0) is 11.6 Å². The molecule has 0 aliphatic carbocycles. The maximum Gasteiger partial charge on any atom is 0.416 e. The van der Waals surface area contributed by atoms with Crippen LogP contribution < -0.4 is 5.56 Å². The summed E-state index contributed by atoms with van der Waals surface area (Å²) < 4.78 is 40.6. The Labute approximate surface area is 145 Å². The van der Waals surface area contributed by atoms with Crippen molar-refractivity contribution >= 4 is 17.7 Å². The molecule has 1 amide bonds. The first-order valence-electron chi connectivity index (χ1n) is 7.42. The van der Waals surface area contributed by atoms with E-state index in [9.17, 15) is 22.8 Å². The first kappa shape index (κ1) is 17.5. The Morgan fingerprint density at radius 2 is 2.08 bits per heavy atom. The van der Waals surface area contributed by atoms with Crippen LogP contribution in [-0.4, -0.2) is 33.2 Å². The number of hydrogen-bond acceptors (Lipinski definition) is 4. The van der Waals surface area contributed by atoms with Gasteiger partial charge in [0.05, 0.1) is 5.56 Å². The van der Waals surface area contributed by atoms with E-state index < -0.39 is 23.2 Å². The average Bonchev–Trinajstić information content (AvgIpc) is 3.03. The molecule has 0 saturated carbocycles. The minimum atomic E-state index is -4.51. The summed E-state index contributed by atoms with van der Waals surface area (Å²) in [6.45, 7) is 0.206. The molecule has 25 heavy (non-hydrogen) atoms. The standard InChI is InChI=1S/C16H14F3N3O2S/c1-21(9-10-4-2-3-5-12(10)16(17,18)19)13(23)11-8-20-15-22(14(11)24)6-7-25-15/h2-5,8H,6-7,9H2,1H3. The molecule has 9 heteroatoms. The van der Waals surface area contributed by atoms with Crippen LogP contribution in [-0.2, 0) is 19.3 Å². The van der Waals surface area contributed by atoms with E-state index in [-0.39, 0.29) is 17.7 Å². The molecule has 0 saturated heterocycles. The summed E-state index contributed by atoms with van der Waals surface area (Å²) in [5, 5.41) is 0.548. The van der Waals surface area contributed by atoms with Gasteiger partial charge in [-0.25, -0.2) is 4.98 Å². The Morgan fingerprint density at radius 1 is 1.36 bits per heavy atom. The summed E-state index contributed by atoms with van der Waals surface area (Å²) in [7, 11) is 1.36. The molecule has 0 atom stereocenters. The van der Waals surface area contributed by atoms with Gasteiger partial charge in [0.25, 0.3) is 11.5 Å². The maximum atomic E-state index is 13.1. The Balaban J connectivity index is 1.87. The highest BCUT2D eigenvalue weighted by molar-refractivity contribution is 7.99.